The number of nitrogens with one attached hydrogen (secondary N) is 1. The number of phenolic OH excluding ortho intramolecular Hbond substituents is 1. The number of methoxy groups -OCH3 is 1. The number of hydrogen-bond donors (Lipinski definition) is 2. The van der Waals surface area contributed by atoms with Gasteiger partial charge in [-0.25, -0.2) is 4.79 Å². The van der Waals surface area contributed by atoms with Crippen LogP contribution in [0.5, 0.6) is 5.75 Å². The first-order chi connectivity index (χ1) is 10.4. The molecular formula is C16H17NO5. The fraction of sp³-hybridized carbons (Fsp3) is 0.312. The minimum atomic E-state index is -0.744. The molecule has 116 valence electrons. The Kier molecular flexibility index (Phi) is 4.30. The van der Waals surface area contributed by atoms with Crippen molar-refractivity contribution in [3.63, 3.8) is 0 Å². The highest BCUT2D eigenvalue weighted by molar-refractivity contribution is 6.25. The van der Waals surface area contributed by atoms with Crippen LogP contribution in [0, 0.1) is 5.92 Å². The summed E-state index contributed by atoms with van der Waals surface area (Å²) in [4.78, 5) is 36.3. The van der Waals surface area contributed by atoms with Gasteiger partial charge in [0.1, 0.15) is 11.8 Å². The lowest BCUT2D eigenvalue weighted by Crippen LogP contribution is -2.43. The van der Waals surface area contributed by atoms with Gasteiger partial charge in [-0.05, 0) is 18.1 Å². The molecule has 0 bridgehead atoms. The van der Waals surface area contributed by atoms with Crippen molar-refractivity contribution in [1.29, 1.82) is 0 Å². The molecule has 6 heteroatoms. The van der Waals surface area contributed by atoms with Crippen molar-refractivity contribution >= 4 is 17.5 Å². The second kappa shape index (κ2) is 6.01. The van der Waals surface area contributed by atoms with Gasteiger partial charge in [0.05, 0.1) is 18.4 Å². The molecule has 0 unspecified atom stereocenters. The lowest BCUT2D eigenvalue weighted by Gasteiger charge is -2.24. The molecule has 0 aromatic heterocycles. The zero-order chi connectivity index (χ0) is 16.4. The molecule has 0 saturated heterocycles. The van der Waals surface area contributed by atoms with Crippen LogP contribution in [-0.4, -0.2) is 35.8 Å². The van der Waals surface area contributed by atoms with Crippen molar-refractivity contribution in [1.82, 2.24) is 5.32 Å². The van der Waals surface area contributed by atoms with Crippen LogP contribution in [0.3, 0.4) is 0 Å². The Hall–Kier alpha value is -2.63. The summed E-state index contributed by atoms with van der Waals surface area (Å²) in [5.74, 6) is -1.82. The predicted octanol–water partition coefficient (Wildman–Crippen LogP) is 1.44. The molecule has 0 heterocycles. The molecule has 2 rings (SSSR count). The Morgan fingerprint density at radius 3 is 2.55 bits per heavy atom. The van der Waals surface area contributed by atoms with Crippen molar-refractivity contribution < 1.29 is 24.2 Å². The van der Waals surface area contributed by atoms with Gasteiger partial charge in [0.2, 0.25) is 5.78 Å². The maximum Gasteiger partial charge on any atom is 0.328 e. The van der Waals surface area contributed by atoms with Crippen molar-refractivity contribution in [3.05, 3.63) is 41.1 Å². The first-order valence-corrected chi connectivity index (χ1v) is 6.84. The van der Waals surface area contributed by atoms with Gasteiger partial charge in [-0.3, -0.25) is 9.59 Å². The van der Waals surface area contributed by atoms with Gasteiger partial charge >= 0.3 is 5.97 Å². The first-order valence-electron chi connectivity index (χ1n) is 6.84. The van der Waals surface area contributed by atoms with E-state index in [1.807, 2.05) is 0 Å². The average molecular weight is 303 g/mol. The predicted molar refractivity (Wildman–Crippen MR) is 78.6 cm³/mol. The summed E-state index contributed by atoms with van der Waals surface area (Å²) in [6.45, 7) is 3.59. The summed E-state index contributed by atoms with van der Waals surface area (Å²) >= 11 is 0. The Morgan fingerprint density at radius 1 is 1.27 bits per heavy atom. The van der Waals surface area contributed by atoms with E-state index in [2.05, 4.69) is 5.32 Å². The Bertz CT molecular complexity index is 675. The summed E-state index contributed by atoms with van der Waals surface area (Å²) in [6, 6.07) is 3.56. The van der Waals surface area contributed by atoms with Crippen LogP contribution >= 0.6 is 0 Å². The van der Waals surface area contributed by atoms with E-state index in [4.69, 9.17) is 4.74 Å². The lowest BCUT2D eigenvalue weighted by atomic mass is 9.91. The van der Waals surface area contributed by atoms with E-state index in [1.165, 1.54) is 25.3 Å². The molecule has 1 aromatic rings. The smallest absolute Gasteiger partial charge is 0.328 e. The van der Waals surface area contributed by atoms with Crippen LogP contribution in [0.2, 0.25) is 0 Å². The van der Waals surface area contributed by atoms with Crippen LogP contribution in [-0.2, 0) is 9.53 Å². The summed E-state index contributed by atoms with van der Waals surface area (Å²) in [5.41, 5.74) is 0.117. The number of ether oxygens (including phenoxy) is 1. The Morgan fingerprint density at radius 2 is 1.95 bits per heavy atom. The summed E-state index contributed by atoms with van der Waals surface area (Å²) in [6.07, 6.45) is 1.10. The van der Waals surface area contributed by atoms with Gasteiger partial charge in [-0.1, -0.05) is 19.9 Å². The van der Waals surface area contributed by atoms with E-state index < -0.39 is 23.6 Å². The third-order valence-electron chi connectivity index (χ3n) is 3.49. The van der Waals surface area contributed by atoms with Gasteiger partial charge in [0, 0.05) is 11.6 Å². The van der Waals surface area contributed by atoms with Crippen molar-refractivity contribution in [2.75, 3.05) is 7.11 Å². The molecule has 6 nitrogen and oxygen atoms in total. The number of rotatable bonds is 4. The maximum absolute atomic E-state index is 12.4. The molecule has 1 aliphatic carbocycles. The average Bonchev–Trinajstić information content (AvgIpc) is 2.48. The standard InChI is InChI=1S/C16H17NO5/c1-8(2)14(16(21)22-3)17-10-7-12(19)13-9(15(10)20)5-4-6-11(13)18/h4-8,14,17-18H,1-3H3/t14-/m0/s1. The number of ketones is 2. The summed E-state index contributed by atoms with van der Waals surface area (Å²) in [7, 11) is 1.26. The fourth-order valence-corrected chi connectivity index (χ4v) is 2.30. The van der Waals surface area contributed by atoms with E-state index in [0.29, 0.717) is 0 Å². The van der Waals surface area contributed by atoms with Crippen LogP contribution in [0.1, 0.15) is 34.6 Å². The Balaban J connectivity index is 2.37. The topological polar surface area (TPSA) is 92.7 Å². The van der Waals surface area contributed by atoms with Crippen molar-refractivity contribution in [3.8, 4) is 5.75 Å². The highest BCUT2D eigenvalue weighted by atomic mass is 16.5. The molecule has 0 spiro atoms. The molecular weight excluding hydrogens is 286 g/mol. The number of carbonyl (C=O) groups is 3. The largest absolute Gasteiger partial charge is 0.507 e. The molecule has 1 atom stereocenters. The Labute approximate surface area is 127 Å². The molecule has 0 saturated carbocycles. The molecule has 1 aliphatic rings. The van der Waals surface area contributed by atoms with Crippen molar-refractivity contribution in [2.24, 2.45) is 5.92 Å². The quantitative estimate of drug-likeness (QED) is 0.818. The first kappa shape index (κ1) is 15.8. The lowest BCUT2D eigenvalue weighted by molar-refractivity contribution is -0.144. The molecule has 0 aliphatic heterocycles. The van der Waals surface area contributed by atoms with Crippen LogP contribution in [0.15, 0.2) is 30.0 Å². The van der Waals surface area contributed by atoms with Gasteiger partial charge in [0.25, 0.3) is 0 Å². The van der Waals surface area contributed by atoms with Crippen LogP contribution in [0.25, 0.3) is 0 Å². The third-order valence-corrected chi connectivity index (χ3v) is 3.49. The number of fused-ring (bicyclic) bond motifs is 1. The summed E-state index contributed by atoms with van der Waals surface area (Å²) < 4.78 is 4.70. The van der Waals surface area contributed by atoms with E-state index in [1.54, 1.807) is 13.8 Å². The number of esters is 1. The molecule has 1 aromatic carbocycles. The number of Topliss-reactive ketones (excluding diaryl/α,β-unsaturated/α-hetero) is 1. The van der Waals surface area contributed by atoms with Crippen LogP contribution < -0.4 is 5.32 Å². The monoisotopic (exact) mass is 303 g/mol. The highest BCUT2D eigenvalue weighted by Crippen LogP contribution is 2.28. The fourth-order valence-electron chi connectivity index (χ4n) is 2.30. The summed E-state index contributed by atoms with van der Waals surface area (Å²) in [5, 5.41) is 12.5. The minimum absolute atomic E-state index is 0.0165. The van der Waals surface area contributed by atoms with Crippen LogP contribution in [0.4, 0.5) is 0 Å². The number of phenols is 1. The van der Waals surface area contributed by atoms with Gasteiger partial charge < -0.3 is 15.2 Å². The maximum atomic E-state index is 12.4. The van der Waals surface area contributed by atoms with Gasteiger partial charge in [0.15, 0.2) is 5.78 Å². The normalized spacial score (nSPS) is 15.2. The number of allylic oxidation sites excluding steroid dienone is 2. The SMILES string of the molecule is COC(=O)[C@@H](NC1=CC(=O)c2c(O)cccc2C1=O)C(C)C. The molecule has 2 N–H and O–H groups in total. The van der Waals surface area contributed by atoms with Gasteiger partial charge in [-0.2, -0.15) is 0 Å². The van der Waals surface area contributed by atoms with E-state index in [-0.39, 0.29) is 28.5 Å². The number of benzene rings is 1. The van der Waals surface area contributed by atoms with Gasteiger partial charge in [-0.15, -0.1) is 0 Å². The zero-order valence-corrected chi connectivity index (χ0v) is 12.5. The molecule has 0 amide bonds. The highest BCUT2D eigenvalue weighted by Gasteiger charge is 2.31. The van der Waals surface area contributed by atoms with E-state index in [0.717, 1.165) is 6.08 Å². The molecule has 0 fully saturated rings. The second-order valence-electron chi connectivity index (χ2n) is 5.34. The zero-order valence-electron chi connectivity index (χ0n) is 12.5. The second-order valence-corrected chi connectivity index (χ2v) is 5.34. The molecule has 22 heavy (non-hydrogen) atoms. The van der Waals surface area contributed by atoms with E-state index >= 15 is 0 Å². The van der Waals surface area contributed by atoms with E-state index in [9.17, 15) is 19.5 Å². The van der Waals surface area contributed by atoms with Crippen molar-refractivity contribution in [2.45, 2.75) is 19.9 Å². The number of carbonyl (C=O) groups excluding carboxylic acids is 3. The number of aromatic hydroxyl groups is 1. The number of hydrogen-bond acceptors (Lipinski definition) is 6. The third kappa shape index (κ3) is 2.72. The minimum Gasteiger partial charge on any atom is -0.507 e. The molecule has 0 radical (unpaired) electrons.